The fourth-order valence-corrected chi connectivity index (χ4v) is 1.97. The van der Waals surface area contributed by atoms with E-state index in [9.17, 15) is 0 Å². The number of ether oxygens (including phenoxy) is 1. The standard InChI is InChI=1S/C12H20N2O/c1-7-5-11(15-4)8(2)9(3)12(7)10(14)6-13/h5,10H,6,13-14H2,1-4H3. The third kappa shape index (κ3) is 2.13. The maximum Gasteiger partial charge on any atom is 0.122 e. The van der Waals surface area contributed by atoms with Crippen LogP contribution < -0.4 is 16.2 Å². The van der Waals surface area contributed by atoms with Crippen molar-refractivity contribution in [1.82, 2.24) is 0 Å². The van der Waals surface area contributed by atoms with Gasteiger partial charge in [0.1, 0.15) is 5.75 Å². The molecule has 1 rings (SSSR count). The lowest BCUT2D eigenvalue weighted by Gasteiger charge is -2.19. The third-order valence-electron chi connectivity index (χ3n) is 2.95. The number of hydrogen-bond acceptors (Lipinski definition) is 3. The molecule has 4 N–H and O–H groups in total. The highest BCUT2D eigenvalue weighted by atomic mass is 16.5. The van der Waals surface area contributed by atoms with Crippen LogP contribution in [0.1, 0.15) is 28.3 Å². The number of benzene rings is 1. The fraction of sp³-hybridized carbons (Fsp3) is 0.500. The van der Waals surface area contributed by atoms with Gasteiger partial charge in [0.25, 0.3) is 0 Å². The van der Waals surface area contributed by atoms with E-state index in [-0.39, 0.29) is 6.04 Å². The van der Waals surface area contributed by atoms with Crippen LogP contribution in [0.4, 0.5) is 0 Å². The largest absolute Gasteiger partial charge is 0.496 e. The molecule has 0 heterocycles. The van der Waals surface area contributed by atoms with Crippen molar-refractivity contribution in [2.75, 3.05) is 13.7 Å². The van der Waals surface area contributed by atoms with Crippen LogP contribution in [0.3, 0.4) is 0 Å². The molecule has 0 aromatic heterocycles. The molecule has 0 aliphatic heterocycles. The van der Waals surface area contributed by atoms with E-state index in [1.54, 1.807) is 7.11 Å². The van der Waals surface area contributed by atoms with Crippen molar-refractivity contribution in [2.24, 2.45) is 11.5 Å². The van der Waals surface area contributed by atoms with Crippen LogP contribution in [-0.2, 0) is 0 Å². The molecule has 0 saturated heterocycles. The Morgan fingerprint density at radius 3 is 2.33 bits per heavy atom. The van der Waals surface area contributed by atoms with Crippen molar-refractivity contribution in [3.63, 3.8) is 0 Å². The highest BCUT2D eigenvalue weighted by molar-refractivity contribution is 5.49. The van der Waals surface area contributed by atoms with E-state index in [0.29, 0.717) is 6.54 Å². The van der Waals surface area contributed by atoms with Crippen molar-refractivity contribution in [1.29, 1.82) is 0 Å². The molecular weight excluding hydrogens is 188 g/mol. The quantitative estimate of drug-likeness (QED) is 0.792. The summed E-state index contributed by atoms with van der Waals surface area (Å²) in [5.41, 5.74) is 16.2. The lowest BCUT2D eigenvalue weighted by Crippen LogP contribution is -2.23. The predicted molar refractivity (Wildman–Crippen MR) is 63.2 cm³/mol. The van der Waals surface area contributed by atoms with Gasteiger partial charge in [-0.15, -0.1) is 0 Å². The Kier molecular flexibility index (Phi) is 3.72. The molecule has 1 aromatic rings. The van der Waals surface area contributed by atoms with Gasteiger partial charge in [0, 0.05) is 12.6 Å². The topological polar surface area (TPSA) is 61.3 Å². The lowest BCUT2D eigenvalue weighted by atomic mass is 9.92. The molecule has 0 saturated carbocycles. The number of hydrogen-bond donors (Lipinski definition) is 2. The SMILES string of the molecule is COc1cc(C)c(C(N)CN)c(C)c1C. The Morgan fingerprint density at radius 1 is 1.27 bits per heavy atom. The summed E-state index contributed by atoms with van der Waals surface area (Å²) in [7, 11) is 1.68. The molecule has 0 fully saturated rings. The first kappa shape index (κ1) is 12.0. The average molecular weight is 208 g/mol. The molecule has 0 spiro atoms. The maximum absolute atomic E-state index is 5.99. The Balaban J connectivity index is 3.35. The first-order valence-corrected chi connectivity index (χ1v) is 5.13. The first-order chi connectivity index (χ1) is 7.02. The summed E-state index contributed by atoms with van der Waals surface area (Å²) in [5.74, 6) is 0.915. The Bertz CT molecular complexity index is 361. The second-order valence-corrected chi connectivity index (χ2v) is 3.90. The van der Waals surface area contributed by atoms with Crippen LogP contribution in [0, 0.1) is 20.8 Å². The van der Waals surface area contributed by atoms with Crippen molar-refractivity contribution >= 4 is 0 Å². The van der Waals surface area contributed by atoms with E-state index in [1.165, 1.54) is 5.56 Å². The lowest BCUT2D eigenvalue weighted by molar-refractivity contribution is 0.410. The summed E-state index contributed by atoms with van der Waals surface area (Å²) in [5, 5.41) is 0. The molecule has 1 aromatic carbocycles. The van der Waals surface area contributed by atoms with E-state index < -0.39 is 0 Å². The molecular formula is C12H20N2O. The van der Waals surface area contributed by atoms with E-state index >= 15 is 0 Å². The molecule has 0 radical (unpaired) electrons. The molecule has 0 bridgehead atoms. The van der Waals surface area contributed by atoms with Crippen molar-refractivity contribution in [2.45, 2.75) is 26.8 Å². The van der Waals surface area contributed by atoms with Crippen LogP contribution in [0.2, 0.25) is 0 Å². The van der Waals surface area contributed by atoms with E-state index in [2.05, 4.69) is 6.92 Å². The number of nitrogens with two attached hydrogens (primary N) is 2. The molecule has 15 heavy (non-hydrogen) atoms. The summed E-state index contributed by atoms with van der Waals surface area (Å²) in [6, 6.07) is 1.93. The second kappa shape index (κ2) is 4.64. The van der Waals surface area contributed by atoms with Gasteiger partial charge in [0.05, 0.1) is 7.11 Å². The fourth-order valence-electron chi connectivity index (χ4n) is 1.97. The molecule has 84 valence electrons. The van der Waals surface area contributed by atoms with Gasteiger partial charge in [-0.05, 0) is 49.1 Å². The van der Waals surface area contributed by atoms with Crippen LogP contribution >= 0.6 is 0 Å². The van der Waals surface area contributed by atoms with Gasteiger partial charge in [0.15, 0.2) is 0 Å². The van der Waals surface area contributed by atoms with Gasteiger partial charge in [-0.25, -0.2) is 0 Å². The molecule has 0 aliphatic carbocycles. The maximum atomic E-state index is 5.99. The third-order valence-corrected chi connectivity index (χ3v) is 2.95. The molecule has 3 heteroatoms. The van der Waals surface area contributed by atoms with Crippen molar-refractivity contribution in [3.05, 3.63) is 28.3 Å². The predicted octanol–water partition coefficient (Wildman–Crippen LogP) is 1.58. The van der Waals surface area contributed by atoms with Crippen LogP contribution in [0.15, 0.2) is 6.07 Å². The van der Waals surface area contributed by atoms with Crippen LogP contribution in [0.5, 0.6) is 5.75 Å². The number of rotatable bonds is 3. The Hall–Kier alpha value is -1.06. The molecule has 3 nitrogen and oxygen atoms in total. The first-order valence-electron chi connectivity index (χ1n) is 5.13. The number of methoxy groups -OCH3 is 1. The summed E-state index contributed by atoms with van der Waals surface area (Å²) >= 11 is 0. The van der Waals surface area contributed by atoms with Crippen LogP contribution in [-0.4, -0.2) is 13.7 Å². The summed E-state index contributed by atoms with van der Waals surface area (Å²) < 4.78 is 5.30. The van der Waals surface area contributed by atoms with E-state index in [0.717, 1.165) is 22.4 Å². The van der Waals surface area contributed by atoms with Gasteiger partial charge in [-0.3, -0.25) is 0 Å². The Morgan fingerprint density at radius 2 is 1.87 bits per heavy atom. The molecule has 1 unspecified atom stereocenters. The highest BCUT2D eigenvalue weighted by Crippen LogP contribution is 2.30. The smallest absolute Gasteiger partial charge is 0.122 e. The zero-order valence-electron chi connectivity index (χ0n) is 9.92. The minimum absolute atomic E-state index is 0.0883. The molecule has 0 amide bonds. The van der Waals surface area contributed by atoms with Gasteiger partial charge in [0.2, 0.25) is 0 Å². The molecule has 0 aliphatic rings. The van der Waals surface area contributed by atoms with Crippen molar-refractivity contribution < 1.29 is 4.74 Å². The van der Waals surface area contributed by atoms with Gasteiger partial charge in [-0.2, -0.15) is 0 Å². The monoisotopic (exact) mass is 208 g/mol. The zero-order chi connectivity index (χ0) is 11.6. The average Bonchev–Trinajstić information content (AvgIpc) is 2.23. The van der Waals surface area contributed by atoms with E-state index in [1.807, 2.05) is 19.9 Å². The molecule has 1 atom stereocenters. The number of aryl methyl sites for hydroxylation is 1. The summed E-state index contributed by atoms with van der Waals surface area (Å²) in [6.45, 7) is 6.61. The highest BCUT2D eigenvalue weighted by Gasteiger charge is 2.14. The van der Waals surface area contributed by atoms with Crippen LogP contribution in [0.25, 0.3) is 0 Å². The van der Waals surface area contributed by atoms with Gasteiger partial charge < -0.3 is 16.2 Å². The second-order valence-electron chi connectivity index (χ2n) is 3.90. The summed E-state index contributed by atoms with van der Waals surface area (Å²) in [6.07, 6.45) is 0. The Labute approximate surface area is 91.4 Å². The van der Waals surface area contributed by atoms with E-state index in [4.69, 9.17) is 16.2 Å². The zero-order valence-corrected chi connectivity index (χ0v) is 9.92. The summed E-state index contributed by atoms with van der Waals surface area (Å²) in [4.78, 5) is 0. The minimum atomic E-state index is -0.0883. The normalized spacial score (nSPS) is 12.7. The van der Waals surface area contributed by atoms with Crippen molar-refractivity contribution in [3.8, 4) is 5.75 Å². The van der Waals surface area contributed by atoms with Gasteiger partial charge in [-0.1, -0.05) is 0 Å². The minimum Gasteiger partial charge on any atom is -0.496 e. The van der Waals surface area contributed by atoms with Gasteiger partial charge >= 0.3 is 0 Å².